The molecule has 0 aliphatic rings. The van der Waals surface area contributed by atoms with Crippen LogP contribution in [0.5, 0.6) is 5.75 Å². The Kier molecular flexibility index (Phi) is 7.91. The van der Waals surface area contributed by atoms with Crippen molar-refractivity contribution in [2.45, 2.75) is 0 Å². The van der Waals surface area contributed by atoms with Crippen LogP contribution in [-0.2, 0) is 17.4 Å². The number of carbonyl (C=O) groups is 1. The summed E-state index contributed by atoms with van der Waals surface area (Å²) in [6.07, 6.45) is 0. The molecule has 0 radical (unpaired) electrons. The number of benzene rings is 1. The molecule has 1 rings (SSSR count). The average molecular weight is 212 g/mol. The summed E-state index contributed by atoms with van der Waals surface area (Å²) < 4.78 is 0. The molecule has 0 atom stereocenters. The van der Waals surface area contributed by atoms with Gasteiger partial charge in [0.25, 0.3) is 0 Å². The summed E-state index contributed by atoms with van der Waals surface area (Å²) in [5, 5.41) is 19.0. The van der Waals surface area contributed by atoms with Gasteiger partial charge in [-0.3, -0.25) is 0 Å². The number of phenols is 1. The number of hydrogen-bond acceptors (Lipinski definition) is 3. The molecule has 0 aliphatic carbocycles. The van der Waals surface area contributed by atoms with Gasteiger partial charge in [-0.2, -0.15) is 0 Å². The Morgan fingerprint density at radius 1 is 1.33 bits per heavy atom. The first-order valence-electron chi connectivity index (χ1n) is 2.71. The van der Waals surface area contributed by atoms with E-state index in [1.54, 1.807) is 6.07 Å². The molecule has 5 heteroatoms. The first-order chi connectivity index (χ1) is 4.72. The molecule has 56 valence electrons. The maximum absolute atomic E-state index is 10.2. The van der Waals surface area contributed by atoms with E-state index in [0.717, 1.165) is 0 Å². The van der Waals surface area contributed by atoms with Crippen molar-refractivity contribution in [2.75, 3.05) is 0 Å². The fourth-order valence-corrected chi connectivity index (χ4v) is 0.646. The van der Waals surface area contributed by atoms with E-state index < -0.39 is 5.97 Å². The van der Waals surface area contributed by atoms with Crippen molar-refractivity contribution in [3.63, 3.8) is 0 Å². The van der Waals surface area contributed by atoms with Gasteiger partial charge in [-0.05, 0) is 12.1 Å². The maximum atomic E-state index is 10.2. The van der Waals surface area contributed by atoms with Gasteiger partial charge in [0.15, 0.2) is 0 Å². The molecule has 0 fully saturated rings. The fraction of sp³-hybridized carbons (Fsp3) is 0. The van der Waals surface area contributed by atoms with Crippen LogP contribution < -0.4 is 34.7 Å². The van der Waals surface area contributed by atoms with Gasteiger partial charge in [0.1, 0.15) is 5.75 Å². The smallest absolute Gasteiger partial charge is 0.545 e. The Labute approximate surface area is 103 Å². The zero-order valence-corrected chi connectivity index (χ0v) is 9.76. The van der Waals surface area contributed by atoms with Gasteiger partial charge in [0.2, 0.25) is 0 Å². The molecule has 0 bridgehead atoms. The largest absolute Gasteiger partial charge is 2.00 e. The van der Waals surface area contributed by atoms with E-state index in [1.165, 1.54) is 18.2 Å². The topological polar surface area (TPSA) is 60.4 Å². The van der Waals surface area contributed by atoms with Crippen molar-refractivity contribution in [3.8, 4) is 5.75 Å². The molecule has 0 heterocycles. The number of aromatic hydroxyl groups is 1. The summed E-state index contributed by atoms with van der Waals surface area (Å²) in [5.74, 6) is -1.62. The molecule has 12 heavy (non-hydrogen) atoms. The monoisotopic (exact) mass is 212 g/mol. The van der Waals surface area contributed by atoms with Crippen LogP contribution in [0.2, 0.25) is 0 Å². The molecule has 0 unspecified atom stereocenters. The zero-order chi connectivity index (χ0) is 7.56. The van der Waals surface area contributed by atoms with Crippen LogP contribution in [0.25, 0.3) is 0 Å². The summed E-state index contributed by atoms with van der Waals surface area (Å²) >= 11 is 0. The van der Waals surface area contributed by atoms with Crippen LogP contribution in [-0.4, -0.2) is 11.1 Å². The zero-order valence-electron chi connectivity index (χ0n) is 6.48. The van der Waals surface area contributed by atoms with Crippen LogP contribution in [0.1, 0.15) is 10.4 Å². The van der Waals surface area contributed by atoms with Gasteiger partial charge in [-0.15, -0.1) is 0 Å². The SMILES string of the molecule is O=C([O-])c1ccccc1O.[Cr+2].[Na+]. The molecule has 3 nitrogen and oxygen atoms in total. The molecule has 0 spiro atoms. The first-order valence-corrected chi connectivity index (χ1v) is 2.71. The van der Waals surface area contributed by atoms with Gasteiger partial charge >= 0.3 is 46.9 Å². The van der Waals surface area contributed by atoms with Crippen LogP contribution in [0.3, 0.4) is 0 Å². The van der Waals surface area contributed by atoms with Crippen molar-refractivity contribution >= 4 is 5.97 Å². The summed E-state index contributed by atoms with van der Waals surface area (Å²) in [4.78, 5) is 10.2. The average Bonchev–Trinajstić information content (AvgIpc) is 1.88. The molecule has 1 aromatic carbocycles. The molecular formula is C7H5CrNaO3+2. The van der Waals surface area contributed by atoms with E-state index in [9.17, 15) is 9.90 Å². The van der Waals surface area contributed by atoms with Gasteiger partial charge < -0.3 is 15.0 Å². The van der Waals surface area contributed by atoms with E-state index in [4.69, 9.17) is 5.11 Å². The summed E-state index contributed by atoms with van der Waals surface area (Å²) in [7, 11) is 0. The Balaban J connectivity index is 0. The second kappa shape index (κ2) is 6.53. The van der Waals surface area contributed by atoms with Gasteiger partial charge in [-0.1, -0.05) is 12.1 Å². The van der Waals surface area contributed by atoms with Crippen molar-refractivity contribution < 1.29 is 61.9 Å². The van der Waals surface area contributed by atoms with Gasteiger partial charge in [-0.25, -0.2) is 0 Å². The van der Waals surface area contributed by atoms with Crippen molar-refractivity contribution in [3.05, 3.63) is 29.8 Å². The minimum Gasteiger partial charge on any atom is -0.545 e. The van der Waals surface area contributed by atoms with Crippen LogP contribution in [0.4, 0.5) is 0 Å². The third-order valence-corrected chi connectivity index (χ3v) is 1.12. The van der Waals surface area contributed by atoms with E-state index >= 15 is 0 Å². The molecular weight excluding hydrogens is 207 g/mol. The third-order valence-electron chi connectivity index (χ3n) is 1.12. The number of carbonyl (C=O) groups excluding carboxylic acids is 1. The molecule has 0 saturated carbocycles. The molecule has 1 N–H and O–H groups in total. The van der Waals surface area contributed by atoms with Crippen molar-refractivity contribution in [1.29, 1.82) is 0 Å². The number of rotatable bonds is 1. The minimum atomic E-state index is -1.36. The second-order valence-electron chi connectivity index (χ2n) is 1.80. The maximum Gasteiger partial charge on any atom is 2.00 e. The second-order valence-corrected chi connectivity index (χ2v) is 1.80. The molecule has 0 saturated heterocycles. The number of para-hydroxylation sites is 1. The third kappa shape index (κ3) is 3.62. The van der Waals surface area contributed by atoms with E-state index in [0.29, 0.717) is 0 Å². The minimum absolute atomic E-state index is 0. The van der Waals surface area contributed by atoms with Gasteiger partial charge in [0, 0.05) is 5.56 Å². The van der Waals surface area contributed by atoms with Gasteiger partial charge in [0.05, 0.1) is 5.97 Å². The predicted octanol–water partition coefficient (Wildman–Crippen LogP) is -3.24. The standard InChI is InChI=1S/C7H6O3.Cr.Na/c8-6-4-2-1-3-5(6)7(9)10;;/h1-4,8H,(H,9,10);;/q;+2;+1/p-1. The van der Waals surface area contributed by atoms with E-state index in [1.807, 2.05) is 0 Å². The Morgan fingerprint density at radius 2 is 1.83 bits per heavy atom. The Bertz CT molecular complexity index is 265. The molecule has 0 amide bonds. The summed E-state index contributed by atoms with van der Waals surface area (Å²) in [6, 6.07) is 5.64. The number of hydrogen-bond donors (Lipinski definition) is 1. The van der Waals surface area contributed by atoms with Crippen LogP contribution in [0, 0.1) is 0 Å². The van der Waals surface area contributed by atoms with E-state index in [-0.39, 0.29) is 58.2 Å². The predicted molar refractivity (Wildman–Crippen MR) is 32.4 cm³/mol. The van der Waals surface area contributed by atoms with E-state index in [2.05, 4.69) is 0 Å². The van der Waals surface area contributed by atoms with Crippen molar-refractivity contribution in [2.24, 2.45) is 0 Å². The van der Waals surface area contributed by atoms with Crippen molar-refractivity contribution in [1.82, 2.24) is 0 Å². The number of carboxylic acids is 1. The number of carboxylic acid groups (broad SMARTS) is 1. The normalized spacial score (nSPS) is 7.67. The summed E-state index contributed by atoms with van der Waals surface area (Å²) in [5.41, 5.74) is -0.178. The van der Waals surface area contributed by atoms with Crippen LogP contribution >= 0.6 is 0 Å². The molecule has 1 aromatic rings. The molecule has 0 aromatic heterocycles. The number of aromatic carboxylic acids is 1. The fourth-order valence-electron chi connectivity index (χ4n) is 0.646. The Morgan fingerprint density at radius 3 is 2.17 bits per heavy atom. The first kappa shape index (κ1) is 14.5. The molecule has 0 aliphatic heterocycles. The Hall–Kier alpha value is 0.0225. The van der Waals surface area contributed by atoms with Crippen LogP contribution in [0.15, 0.2) is 24.3 Å². The quantitative estimate of drug-likeness (QED) is 0.497. The summed E-state index contributed by atoms with van der Waals surface area (Å²) in [6.45, 7) is 0.